The Morgan fingerprint density at radius 3 is 2.86 bits per heavy atom. The van der Waals surface area contributed by atoms with Crippen LogP contribution in [0.4, 0.5) is 5.82 Å². The summed E-state index contributed by atoms with van der Waals surface area (Å²) < 4.78 is 1.82. The highest BCUT2D eigenvalue weighted by molar-refractivity contribution is 6.02. The van der Waals surface area contributed by atoms with Crippen LogP contribution in [0.2, 0.25) is 0 Å². The van der Waals surface area contributed by atoms with E-state index in [1.807, 2.05) is 17.7 Å². The number of hydrogen-bond acceptors (Lipinski definition) is 3. The first-order valence-corrected chi connectivity index (χ1v) is 6.44. The number of carbonyl (C=O) groups is 2. The Morgan fingerprint density at radius 2 is 2.14 bits per heavy atom. The van der Waals surface area contributed by atoms with E-state index >= 15 is 0 Å². The van der Waals surface area contributed by atoms with Crippen molar-refractivity contribution in [2.24, 2.45) is 0 Å². The zero-order chi connectivity index (χ0) is 15.2. The maximum atomic E-state index is 12.1. The van der Waals surface area contributed by atoms with Gasteiger partial charge in [-0.15, -0.1) is 0 Å². The van der Waals surface area contributed by atoms with Crippen LogP contribution in [0.3, 0.4) is 0 Å². The van der Waals surface area contributed by atoms with Gasteiger partial charge in [0.25, 0.3) is 5.91 Å². The van der Waals surface area contributed by atoms with Crippen molar-refractivity contribution < 1.29 is 14.7 Å². The average molecular weight is 285 g/mol. The van der Waals surface area contributed by atoms with Gasteiger partial charge in [-0.1, -0.05) is 6.07 Å². The van der Waals surface area contributed by atoms with Gasteiger partial charge in [0, 0.05) is 18.8 Å². The van der Waals surface area contributed by atoms with Gasteiger partial charge in [-0.3, -0.25) is 4.79 Å². The molecule has 2 N–H and O–H groups in total. The van der Waals surface area contributed by atoms with E-state index in [-0.39, 0.29) is 5.91 Å². The number of rotatable bonds is 5. The number of aromatic nitrogens is 2. The van der Waals surface area contributed by atoms with Crippen LogP contribution in [0.5, 0.6) is 0 Å². The molecule has 1 amide bonds. The molecule has 2 aromatic rings. The fourth-order valence-electron chi connectivity index (χ4n) is 1.85. The summed E-state index contributed by atoms with van der Waals surface area (Å²) >= 11 is 0. The first kappa shape index (κ1) is 14.5. The molecule has 6 heteroatoms. The van der Waals surface area contributed by atoms with E-state index in [0.717, 1.165) is 6.08 Å². The highest BCUT2D eigenvalue weighted by Crippen LogP contribution is 2.10. The quantitative estimate of drug-likeness (QED) is 0.825. The molecule has 0 fully saturated rings. The molecule has 0 saturated carbocycles. The van der Waals surface area contributed by atoms with Gasteiger partial charge < -0.3 is 15.0 Å². The maximum Gasteiger partial charge on any atom is 0.328 e. The van der Waals surface area contributed by atoms with Crippen LogP contribution in [0.15, 0.2) is 42.6 Å². The van der Waals surface area contributed by atoms with E-state index in [9.17, 15) is 9.59 Å². The number of pyridine rings is 1. The van der Waals surface area contributed by atoms with Crippen molar-refractivity contribution in [3.8, 4) is 0 Å². The number of hydrogen-bond donors (Lipinski definition) is 2. The van der Waals surface area contributed by atoms with Crippen molar-refractivity contribution in [3.63, 3.8) is 0 Å². The molecule has 2 heterocycles. The SMILES string of the molecule is CCn1cccc1C(=O)Nc1cccc(C=CC(=O)O)n1. The third kappa shape index (κ3) is 3.79. The molecule has 0 radical (unpaired) electrons. The van der Waals surface area contributed by atoms with Gasteiger partial charge in [0.1, 0.15) is 11.5 Å². The second-order valence-corrected chi connectivity index (χ2v) is 4.25. The summed E-state index contributed by atoms with van der Waals surface area (Å²) in [7, 11) is 0. The summed E-state index contributed by atoms with van der Waals surface area (Å²) in [4.78, 5) is 26.8. The Labute approximate surface area is 121 Å². The number of aliphatic carboxylic acids is 1. The van der Waals surface area contributed by atoms with Crippen LogP contribution in [0.25, 0.3) is 6.08 Å². The van der Waals surface area contributed by atoms with Gasteiger partial charge in [0.15, 0.2) is 0 Å². The van der Waals surface area contributed by atoms with Crippen LogP contribution in [-0.4, -0.2) is 26.5 Å². The van der Waals surface area contributed by atoms with E-state index in [1.165, 1.54) is 6.08 Å². The molecule has 0 aliphatic rings. The van der Waals surface area contributed by atoms with Crippen molar-refractivity contribution in [3.05, 3.63) is 54.0 Å². The van der Waals surface area contributed by atoms with Gasteiger partial charge in [-0.05, 0) is 37.3 Å². The number of nitrogens with one attached hydrogen (secondary N) is 1. The summed E-state index contributed by atoms with van der Waals surface area (Å²) in [6.45, 7) is 2.65. The average Bonchev–Trinajstić information content (AvgIpc) is 2.94. The number of amides is 1. The van der Waals surface area contributed by atoms with Crippen LogP contribution >= 0.6 is 0 Å². The van der Waals surface area contributed by atoms with E-state index in [2.05, 4.69) is 10.3 Å². The molecular weight excluding hydrogens is 270 g/mol. The summed E-state index contributed by atoms with van der Waals surface area (Å²) in [5, 5.41) is 11.3. The number of nitrogens with zero attached hydrogens (tertiary/aromatic N) is 2. The normalized spacial score (nSPS) is 10.7. The minimum Gasteiger partial charge on any atom is -0.478 e. The van der Waals surface area contributed by atoms with E-state index < -0.39 is 5.97 Å². The minimum absolute atomic E-state index is 0.256. The molecule has 0 aliphatic heterocycles. The molecule has 0 aliphatic carbocycles. The van der Waals surface area contributed by atoms with Crippen LogP contribution in [0, 0.1) is 0 Å². The lowest BCUT2D eigenvalue weighted by Gasteiger charge is -2.07. The summed E-state index contributed by atoms with van der Waals surface area (Å²) in [6, 6.07) is 8.53. The topological polar surface area (TPSA) is 84.2 Å². The molecule has 21 heavy (non-hydrogen) atoms. The van der Waals surface area contributed by atoms with E-state index in [1.54, 1.807) is 30.3 Å². The number of carbonyl (C=O) groups excluding carboxylic acids is 1. The van der Waals surface area contributed by atoms with Crippen LogP contribution in [0.1, 0.15) is 23.1 Å². The standard InChI is InChI=1S/C15H15N3O3/c1-2-18-10-4-6-12(18)15(21)17-13-7-3-5-11(16-13)8-9-14(19)20/h3-10H,2H2,1H3,(H,19,20)(H,16,17,21). The number of anilines is 1. The van der Waals surface area contributed by atoms with E-state index in [0.29, 0.717) is 23.8 Å². The Kier molecular flexibility index (Phi) is 4.50. The lowest BCUT2D eigenvalue weighted by Crippen LogP contribution is -2.17. The van der Waals surface area contributed by atoms with Gasteiger partial charge in [0.05, 0.1) is 5.69 Å². The lowest BCUT2D eigenvalue weighted by atomic mass is 10.3. The molecule has 0 bridgehead atoms. The van der Waals surface area contributed by atoms with Gasteiger partial charge in [0.2, 0.25) is 0 Å². The Balaban J connectivity index is 2.14. The largest absolute Gasteiger partial charge is 0.478 e. The lowest BCUT2D eigenvalue weighted by molar-refractivity contribution is -0.131. The molecule has 0 saturated heterocycles. The summed E-state index contributed by atoms with van der Waals surface area (Å²) in [5.41, 5.74) is 1.01. The molecule has 6 nitrogen and oxygen atoms in total. The molecule has 0 spiro atoms. The highest BCUT2D eigenvalue weighted by Gasteiger charge is 2.10. The van der Waals surface area contributed by atoms with Crippen molar-refractivity contribution in [1.29, 1.82) is 0 Å². The Morgan fingerprint density at radius 1 is 1.33 bits per heavy atom. The molecule has 108 valence electrons. The van der Waals surface area contributed by atoms with Gasteiger partial charge in [-0.25, -0.2) is 9.78 Å². The first-order chi connectivity index (χ1) is 10.1. The van der Waals surface area contributed by atoms with Crippen molar-refractivity contribution >= 4 is 23.8 Å². The predicted molar refractivity (Wildman–Crippen MR) is 79.0 cm³/mol. The van der Waals surface area contributed by atoms with Crippen LogP contribution < -0.4 is 5.32 Å². The third-order valence-electron chi connectivity index (χ3n) is 2.81. The van der Waals surface area contributed by atoms with Crippen LogP contribution in [-0.2, 0) is 11.3 Å². The highest BCUT2D eigenvalue weighted by atomic mass is 16.4. The summed E-state index contributed by atoms with van der Waals surface area (Å²) in [6.07, 6.45) is 4.19. The fraction of sp³-hybridized carbons (Fsp3) is 0.133. The molecule has 2 aromatic heterocycles. The van der Waals surface area contributed by atoms with Gasteiger partial charge >= 0.3 is 5.97 Å². The zero-order valence-electron chi connectivity index (χ0n) is 11.5. The number of aryl methyl sites for hydroxylation is 1. The first-order valence-electron chi connectivity index (χ1n) is 6.44. The molecular formula is C15H15N3O3. The molecule has 0 aromatic carbocycles. The zero-order valence-corrected chi connectivity index (χ0v) is 11.5. The van der Waals surface area contributed by atoms with Crippen molar-refractivity contribution in [1.82, 2.24) is 9.55 Å². The maximum absolute atomic E-state index is 12.1. The smallest absolute Gasteiger partial charge is 0.328 e. The molecule has 0 atom stereocenters. The van der Waals surface area contributed by atoms with Crippen molar-refractivity contribution in [2.45, 2.75) is 13.5 Å². The number of carboxylic acids is 1. The second-order valence-electron chi connectivity index (χ2n) is 4.25. The Hall–Kier alpha value is -2.89. The monoisotopic (exact) mass is 285 g/mol. The van der Waals surface area contributed by atoms with Crippen molar-refractivity contribution in [2.75, 3.05) is 5.32 Å². The fourth-order valence-corrected chi connectivity index (χ4v) is 1.85. The molecule has 0 unspecified atom stereocenters. The Bertz CT molecular complexity index is 689. The third-order valence-corrected chi connectivity index (χ3v) is 2.81. The summed E-state index contributed by atoms with van der Waals surface area (Å²) in [5.74, 6) is -0.933. The number of carboxylic acid groups (broad SMARTS) is 1. The van der Waals surface area contributed by atoms with E-state index in [4.69, 9.17) is 5.11 Å². The van der Waals surface area contributed by atoms with Gasteiger partial charge in [-0.2, -0.15) is 0 Å². The minimum atomic E-state index is -1.05. The second kappa shape index (κ2) is 6.51. The molecule has 2 rings (SSSR count). The predicted octanol–water partition coefficient (Wildman–Crippen LogP) is 2.25.